The molecule has 47 heavy (non-hydrogen) atoms. The molecule has 0 aliphatic rings. The number of ether oxygens (including phenoxy) is 4. The molecular weight excluding hydrogens is 588 g/mol. The normalized spacial score (nSPS) is 9.91. The van der Waals surface area contributed by atoms with Crippen molar-refractivity contribution in [3.05, 3.63) is 144 Å². The van der Waals surface area contributed by atoms with Gasteiger partial charge >= 0.3 is 11.9 Å². The maximum absolute atomic E-state index is 11.1. The molecule has 0 atom stereocenters. The first kappa shape index (κ1) is 33.9. The molecule has 0 radical (unpaired) electrons. The number of aryl methyl sites for hydroxylation is 2. The average molecular weight is 625 g/mol. The summed E-state index contributed by atoms with van der Waals surface area (Å²) in [5, 5.41) is 0. The molecule has 0 bridgehead atoms. The first-order chi connectivity index (χ1) is 22.9. The lowest BCUT2D eigenvalue weighted by Crippen LogP contribution is -2.10. The van der Waals surface area contributed by atoms with Gasteiger partial charge in [0, 0.05) is 34.4 Å². The second-order valence-corrected chi connectivity index (χ2v) is 10.2. The highest BCUT2D eigenvalue weighted by atomic mass is 16.6. The molecule has 0 saturated carbocycles. The van der Waals surface area contributed by atoms with Crippen LogP contribution in [-0.4, -0.2) is 38.4 Å². The predicted molar refractivity (Wildman–Crippen MR) is 184 cm³/mol. The Balaban J connectivity index is 1.37. The van der Waals surface area contributed by atoms with Crippen molar-refractivity contribution in [2.45, 2.75) is 20.3 Å². The Bertz CT molecular complexity index is 1840. The van der Waals surface area contributed by atoms with Crippen molar-refractivity contribution in [3.8, 4) is 46.3 Å². The van der Waals surface area contributed by atoms with E-state index in [0.29, 0.717) is 11.5 Å². The van der Waals surface area contributed by atoms with E-state index in [1.165, 1.54) is 16.7 Å². The topological polar surface area (TPSA) is 71.1 Å². The fourth-order valence-corrected chi connectivity index (χ4v) is 4.55. The van der Waals surface area contributed by atoms with Gasteiger partial charge in [-0.3, -0.25) is 0 Å². The summed E-state index contributed by atoms with van der Waals surface area (Å²) in [5.41, 5.74) is 8.35. The Morgan fingerprint density at radius 1 is 0.596 bits per heavy atom. The highest BCUT2D eigenvalue weighted by Crippen LogP contribution is 2.29. The van der Waals surface area contributed by atoms with Crippen LogP contribution in [0.2, 0.25) is 0 Å². The largest absolute Gasteiger partial charge is 0.490 e. The number of carbonyl (C=O) groups excluding carboxylic acids is 2. The van der Waals surface area contributed by atoms with Gasteiger partial charge in [0.2, 0.25) is 0 Å². The lowest BCUT2D eigenvalue weighted by molar-refractivity contribution is -0.139. The zero-order valence-electron chi connectivity index (χ0n) is 26.6. The molecule has 0 saturated heterocycles. The molecule has 6 heteroatoms. The van der Waals surface area contributed by atoms with Crippen LogP contribution in [0.4, 0.5) is 0 Å². The van der Waals surface area contributed by atoms with Crippen molar-refractivity contribution in [2.75, 3.05) is 26.4 Å². The monoisotopic (exact) mass is 624 g/mol. The Labute approximate surface area is 276 Å². The van der Waals surface area contributed by atoms with Crippen LogP contribution in [0.1, 0.15) is 40.3 Å². The van der Waals surface area contributed by atoms with Gasteiger partial charge in [0.15, 0.2) is 0 Å². The number of benzene rings is 4. The van der Waals surface area contributed by atoms with Crippen LogP contribution in [-0.2, 0) is 25.5 Å². The minimum Gasteiger partial charge on any atom is -0.490 e. The zero-order chi connectivity index (χ0) is 33.4. The summed E-state index contributed by atoms with van der Waals surface area (Å²) in [6, 6.07) is 27.6. The molecule has 4 aromatic carbocycles. The Morgan fingerprint density at radius 2 is 1.02 bits per heavy atom. The van der Waals surface area contributed by atoms with Crippen molar-refractivity contribution in [1.29, 1.82) is 0 Å². The molecular formula is C41H36O6. The van der Waals surface area contributed by atoms with Gasteiger partial charge in [0.25, 0.3) is 0 Å². The zero-order valence-corrected chi connectivity index (χ0v) is 26.6. The third-order valence-corrected chi connectivity index (χ3v) is 6.94. The van der Waals surface area contributed by atoms with Crippen LogP contribution in [0.15, 0.2) is 110 Å². The molecule has 0 heterocycles. The lowest BCUT2D eigenvalue weighted by atomic mass is 9.92. The molecule has 236 valence electrons. The molecule has 0 fully saturated rings. The summed E-state index contributed by atoms with van der Waals surface area (Å²) < 4.78 is 21.0. The maximum Gasteiger partial charge on any atom is 0.330 e. The highest BCUT2D eigenvalue weighted by Gasteiger charge is 2.08. The van der Waals surface area contributed by atoms with Crippen LogP contribution in [0.25, 0.3) is 11.1 Å². The molecule has 4 rings (SSSR count). The Kier molecular flexibility index (Phi) is 12.6. The first-order valence-corrected chi connectivity index (χ1v) is 15.2. The van der Waals surface area contributed by atoms with E-state index in [4.69, 9.17) is 18.9 Å². The fraction of sp³-hybridized carbons (Fsp3) is 0.171. The van der Waals surface area contributed by atoms with E-state index < -0.39 is 11.9 Å². The van der Waals surface area contributed by atoms with E-state index in [9.17, 15) is 9.59 Å². The van der Waals surface area contributed by atoms with Crippen molar-refractivity contribution < 1.29 is 28.5 Å². The van der Waals surface area contributed by atoms with Gasteiger partial charge in [0.05, 0.1) is 0 Å². The van der Waals surface area contributed by atoms with Crippen molar-refractivity contribution >= 4 is 11.9 Å². The molecule has 0 aliphatic heterocycles. The number of hydrogen-bond acceptors (Lipinski definition) is 6. The highest BCUT2D eigenvalue weighted by molar-refractivity contribution is 5.81. The standard InChI is InChI=1S/C41H36O6/c1-5-35-29-34(11-9-32-14-20-37(21-15-32)45-25-27-47-41(43)7-3)17-23-39(35)38-22-16-33(28-30(38)4)10-8-31-12-18-36(19-13-31)44-24-26-46-40(42)6-2/h6-7,12-23,28-29H,2-3,5,24-27H2,1,4H3. The summed E-state index contributed by atoms with van der Waals surface area (Å²) in [5.74, 6) is 13.4. The van der Waals surface area contributed by atoms with Crippen molar-refractivity contribution in [1.82, 2.24) is 0 Å². The summed E-state index contributed by atoms with van der Waals surface area (Å²) in [6.45, 7) is 11.8. The number of rotatable bonds is 12. The molecule has 6 nitrogen and oxygen atoms in total. The maximum atomic E-state index is 11.1. The smallest absolute Gasteiger partial charge is 0.330 e. The van der Waals surface area contributed by atoms with Gasteiger partial charge in [-0.15, -0.1) is 0 Å². The lowest BCUT2D eigenvalue weighted by Gasteiger charge is -2.12. The summed E-state index contributed by atoms with van der Waals surface area (Å²) in [7, 11) is 0. The van der Waals surface area contributed by atoms with Crippen LogP contribution in [0.3, 0.4) is 0 Å². The van der Waals surface area contributed by atoms with Gasteiger partial charge in [-0.25, -0.2) is 9.59 Å². The van der Waals surface area contributed by atoms with Gasteiger partial charge in [-0.05, 0) is 108 Å². The van der Waals surface area contributed by atoms with Crippen LogP contribution >= 0.6 is 0 Å². The minimum atomic E-state index is -0.469. The summed E-state index contributed by atoms with van der Waals surface area (Å²) in [4.78, 5) is 22.2. The Morgan fingerprint density at radius 3 is 1.47 bits per heavy atom. The van der Waals surface area contributed by atoms with Crippen LogP contribution in [0.5, 0.6) is 11.5 Å². The second-order valence-electron chi connectivity index (χ2n) is 10.2. The van der Waals surface area contributed by atoms with Gasteiger partial charge in [-0.1, -0.05) is 55.9 Å². The van der Waals surface area contributed by atoms with Crippen LogP contribution < -0.4 is 9.47 Å². The van der Waals surface area contributed by atoms with E-state index >= 15 is 0 Å². The fourth-order valence-electron chi connectivity index (χ4n) is 4.55. The third-order valence-electron chi connectivity index (χ3n) is 6.94. The first-order valence-electron chi connectivity index (χ1n) is 15.2. The molecule has 0 aromatic heterocycles. The summed E-state index contributed by atoms with van der Waals surface area (Å²) in [6.07, 6.45) is 3.12. The molecule has 0 spiro atoms. The van der Waals surface area contributed by atoms with Gasteiger partial charge < -0.3 is 18.9 Å². The SMILES string of the molecule is C=CC(=O)OCCOc1ccc(C#Cc2ccc(-c3ccc(C#Cc4ccc(OCCOC(=O)C=C)cc4)cc3CC)c(C)c2)cc1. The molecule has 0 unspecified atom stereocenters. The van der Waals surface area contributed by atoms with Gasteiger partial charge in [0.1, 0.15) is 37.9 Å². The Hall–Kier alpha value is -5.98. The van der Waals surface area contributed by atoms with E-state index in [-0.39, 0.29) is 26.4 Å². The van der Waals surface area contributed by atoms with E-state index in [0.717, 1.165) is 46.4 Å². The molecule has 4 aromatic rings. The van der Waals surface area contributed by atoms with Gasteiger partial charge in [-0.2, -0.15) is 0 Å². The molecule has 0 N–H and O–H groups in total. The predicted octanol–water partition coefficient (Wildman–Crippen LogP) is 7.24. The second kappa shape index (κ2) is 17.5. The molecule has 0 aliphatic carbocycles. The number of esters is 2. The number of carbonyl (C=O) groups is 2. The van der Waals surface area contributed by atoms with E-state index in [1.54, 1.807) is 0 Å². The quantitative estimate of drug-likeness (QED) is 0.0717. The minimum absolute atomic E-state index is 0.160. The average Bonchev–Trinajstić information content (AvgIpc) is 3.11. The summed E-state index contributed by atoms with van der Waals surface area (Å²) >= 11 is 0. The van der Waals surface area contributed by atoms with E-state index in [2.05, 4.69) is 81.0 Å². The number of hydrogen-bond donors (Lipinski definition) is 0. The van der Waals surface area contributed by atoms with Crippen molar-refractivity contribution in [3.63, 3.8) is 0 Å². The van der Waals surface area contributed by atoms with Crippen LogP contribution in [0, 0.1) is 30.6 Å². The van der Waals surface area contributed by atoms with E-state index in [1.807, 2.05) is 54.6 Å². The molecule has 0 amide bonds. The van der Waals surface area contributed by atoms with Crippen molar-refractivity contribution in [2.24, 2.45) is 0 Å². The third kappa shape index (κ3) is 10.6.